The second-order valence-electron chi connectivity index (χ2n) is 5.24. The Morgan fingerprint density at radius 1 is 1.50 bits per heavy atom. The second-order valence-corrected chi connectivity index (χ2v) is 5.24. The molecule has 0 unspecified atom stereocenters. The topological polar surface area (TPSA) is 53.0 Å². The van der Waals surface area contributed by atoms with Crippen LogP contribution in [0.15, 0.2) is 0 Å². The average molecular weight is 230 g/mol. The Hall–Kier alpha value is -0.810. The van der Waals surface area contributed by atoms with Gasteiger partial charge in [-0.2, -0.15) is 0 Å². The van der Waals surface area contributed by atoms with Crippen molar-refractivity contribution in [3.05, 3.63) is 0 Å². The maximum atomic E-state index is 11.6. The van der Waals surface area contributed by atoms with Crippen molar-refractivity contribution in [3.8, 4) is 0 Å². The number of hydrogen-bond donors (Lipinski definition) is 1. The number of likely N-dealkylation sites (tertiary alicyclic amines) is 1. The van der Waals surface area contributed by atoms with Crippen molar-refractivity contribution in [1.29, 1.82) is 0 Å². The van der Waals surface area contributed by atoms with Crippen LogP contribution in [0.25, 0.3) is 0 Å². The summed E-state index contributed by atoms with van der Waals surface area (Å²) in [6.45, 7) is 7.75. The summed E-state index contributed by atoms with van der Waals surface area (Å²) in [5.74, 6) is 0. The molecule has 1 fully saturated rings. The Labute approximate surface area is 97.0 Å². The van der Waals surface area contributed by atoms with Gasteiger partial charge in [-0.15, -0.1) is 0 Å². The van der Waals surface area contributed by atoms with Gasteiger partial charge in [0, 0.05) is 25.7 Å². The van der Waals surface area contributed by atoms with Crippen molar-refractivity contribution in [1.82, 2.24) is 9.80 Å². The van der Waals surface area contributed by atoms with Gasteiger partial charge < -0.3 is 14.7 Å². The normalized spacial score (nSPS) is 17.5. The Balaban J connectivity index is 2.28. The van der Waals surface area contributed by atoms with Crippen molar-refractivity contribution in [2.75, 3.05) is 33.3 Å². The van der Waals surface area contributed by atoms with Crippen LogP contribution in [-0.4, -0.2) is 65.9 Å². The van der Waals surface area contributed by atoms with E-state index in [1.807, 2.05) is 27.8 Å². The minimum Gasteiger partial charge on any atom is -0.444 e. The number of nitrogens with zero attached hydrogens (tertiary/aromatic N) is 2. The summed E-state index contributed by atoms with van der Waals surface area (Å²) in [5, 5.41) is 8.79. The van der Waals surface area contributed by atoms with E-state index >= 15 is 0 Å². The van der Waals surface area contributed by atoms with Crippen LogP contribution in [0, 0.1) is 0 Å². The Morgan fingerprint density at radius 2 is 2.06 bits per heavy atom. The number of amides is 1. The van der Waals surface area contributed by atoms with E-state index in [1.54, 1.807) is 4.90 Å². The summed E-state index contributed by atoms with van der Waals surface area (Å²) in [6, 6.07) is 0.347. The molecule has 0 atom stereocenters. The van der Waals surface area contributed by atoms with Gasteiger partial charge in [-0.05, 0) is 27.8 Å². The predicted octanol–water partition coefficient (Wildman–Crippen LogP) is 0.530. The summed E-state index contributed by atoms with van der Waals surface area (Å²) in [7, 11) is 1.95. The highest BCUT2D eigenvalue weighted by molar-refractivity contribution is 5.69. The molecule has 1 amide bonds. The Kier molecular flexibility index (Phi) is 4.15. The Morgan fingerprint density at radius 3 is 2.50 bits per heavy atom. The number of carbonyl (C=O) groups excluding carboxylic acids is 1. The van der Waals surface area contributed by atoms with Crippen LogP contribution in [-0.2, 0) is 4.74 Å². The number of rotatable bonds is 3. The molecule has 0 aliphatic carbocycles. The molecule has 16 heavy (non-hydrogen) atoms. The van der Waals surface area contributed by atoms with E-state index in [2.05, 4.69) is 4.90 Å². The zero-order valence-electron chi connectivity index (χ0n) is 10.6. The van der Waals surface area contributed by atoms with Gasteiger partial charge in [0.05, 0.1) is 6.61 Å². The lowest BCUT2D eigenvalue weighted by Gasteiger charge is -2.43. The average Bonchev–Trinajstić information content (AvgIpc) is 1.97. The lowest BCUT2D eigenvalue weighted by atomic mass is 10.1. The third-order valence-corrected chi connectivity index (χ3v) is 2.59. The monoisotopic (exact) mass is 230 g/mol. The van der Waals surface area contributed by atoms with Gasteiger partial charge in [0.25, 0.3) is 0 Å². The molecule has 1 rings (SSSR count). The minimum atomic E-state index is -0.431. The number of hydrogen-bond acceptors (Lipinski definition) is 4. The van der Waals surface area contributed by atoms with Crippen LogP contribution >= 0.6 is 0 Å². The largest absolute Gasteiger partial charge is 0.444 e. The van der Waals surface area contributed by atoms with Crippen LogP contribution in [0.5, 0.6) is 0 Å². The maximum absolute atomic E-state index is 11.6. The molecule has 0 bridgehead atoms. The molecule has 0 saturated carbocycles. The minimum absolute atomic E-state index is 0.152. The highest BCUT2D eigenvalue weighted by Crippen LogP contribution is 2.17. The molecule has 94 valence electrons. The molecule has 0 aromatic rings. The first-order chi connectivity index (χ1) is 7.33. The fourth-order valence-electron chi connectivity index (χ4n) is 1.55. The molecule has 0 spiro atoms. The van der Waals surface area contributed by atoms with Gasteiger partial charge in [-0.3, -0.25) is 4.90 Å². The zero-order chi connectivity index (χ0) is 12.3. The highest BCUT2D eigenvalue weighted by Gasteiger charge is 2.35. The smallest absolute Gasteiger partial charge is 0.410 e. The quantitative estimate of drug-likeness (QED) is 0.768. The third-order valence-electron chi connectivity index (χ3n) is 2.59. The molecule has 0 radical (unpaired) electrons. The molecule has 1 aliphatic heterocycles. The molecule has 1 N–H and O–H groups in total. The van der Waals surface area contributed by atoms with E-state index in [9.17, 15) is 4.79 Å². The molecule has 0 aromatic carbocycles. The fraction of sp³-hybridized carbons (Fsp3) is 0.909. The summed E-state index contributed by atoms with van der Waals surface area (Å²) >= 11 is 0. The van der Waals surface area contributed by atoms with E-state index in [4.69, 9.17) is 9.84 Å². The number of ether oxygens (including phenoxy) is 1. The molecule has 5 heteroatoms. The van der Waals surface area contributed by atoms with Crippen molar-refractivity contribution in [2.45, 2.75) is 32.4 Å². The summed E-state index contributed by atoms with van der Waals surface area (Å²) in [6.07, 6.45) is -0.249. The van der Waals surface area contributed by atoms with Gasteiger partial charge in [-0.1, -0.05) is 0 Å². The van der Waals surface area contributed by atoms with Crippen molar-refractivity contribution in [2.24, 2.45) is 0 Å². The first-order valence-electron chi connectivity index (χ1n) is 5.62. The molecule has 1 aliphatic rings. The Bertz CT molecular complexity index is 244. The summed E-state index contributed by atoms with van der Waals surface area (Å²) in [5.41, 5.74) is -0.431. The van der Waals surface area contributed by atoms with E-state index in [1.165, 1.54) is 0 Å². The lowest BCUT2D eigenvalue weighted by Crippen LogP contribution is -2.61. The summed E-state index contributed by atoms with van der Waals surface area (Å²) in [4.78, 5) is 15.3. The molecular weight excluding hydrogens is 208 g/mol. The molecule has 5 nitrogen and oxygen atoms in total. The maximum Gasteiger partial charge on any atom is 0.410 e. The number of aliphatic hydroxyl groups excluding tert-OH is 1. The van der Waals surface area contributed by atoms with Gasteiger partial charge in [-0.25, -0.2) is 4.79 Å². The standard InChI is InChI=1S/C11H22N2O3/c1-11(2,3)16-10(15)13-7-9(8-13)12(4)5-6-14/h9,14H,5-8H2,1-4H3. The van der Waals surface area contributed by atoms with Crippen molar-refractivity contribution < 1.29 is 14.6 Å². The molecule has 0 aromatic heterocycles. The van der Waals surface area contributed by atoms with E-state index in [-0.39, 0.29) is 12.7 Å². The van der Waals surface area contributed by atoms with Gasteiger partial charge in [0.2, 0.25) is 0 Å². The van der Waals surface area contributed by atoms with Crippen LogP contribution in [0.4, 0.5) is 4.79 Å². The third kappa shape index (κ3) is 3.64. The number of aliphatic hydroxyl groups is 1. The number of likely N-dealkylation sites (N-methyl/N-ethyl adjacent to an activating group) is 1. The van der Waals surface area contributed by atoms with Gasteiger partial charge in [0.1, 0.15) is 5.60 Å². The van der Waals surface area contributed by atoms with Crippen LogP contribution in [0.1, 0.15) is 20.8 Å². The van der Waals surface area contributed by atoms with Crippen LogP contribution < -0.4 is 0 Å². The van der Waals surface area contributed by atoms with Crippen molar-refractivity contribution in [3.63, 3.8) is 0 Å². The van der Waals surface area contributed by atoms with Crippen LogP contribution in [0.3, 0.4) is 0 Å². The first kappa shape index (κ1) is 13.3. The molecule has 1 saturated heterocycles. The van der Waals surface area contributed by atoms with E-state index in [0.29, 0.717) is 25.7 Å². The van der Waals surface area contributed by atoms with Crippen LogP contribution in [0.2, 0.25) is 0 Å². The van der Waals surface area contributed by atoms with Gasteiger partial charge >= 0.3 is 6.09 Å². The molecular formula is C11H22N2O3. The van der Waals surface area contributed by atoms with Gasteiger partial charge in [0.15, 0.2) is 0 Å². The molecule has 1 heterocycles. The first-order valence-corrected chi connectivity index (χ1v) is 5.62. The lowest BCUT2D eigenvalue weighted by molar-refractivity contribution is -0.0125. The predicted molar refractivity (Wildman–Crippen MR) is 61.3 cm³/mol. The number of carbonyl (C=O) groups is 1. The highest BCUT2D eigenvalue weighted by atomic mass is 16.6. The van der Waals surface area contributed by atoms with E-state index in [0.717, 1.165) is 0 Å². The SMILES string of the molecule is CN(CCO)C1CN(C(=O)OC(C)(C)C)C1. The van der Waals surface area contributed by atoms with Crippen molar-refractivity contribution >= 4 is 6.09 Å². The zero-order valence-corrected chi connectivity index (χ0v) is 10.6. The second kappa shape index (κ2) is 5.01. The fourth-order valence-corrected chi connectivity index (χ4v) is 1.55. The summed E-state index contributed by atoms with van der Waals surface area (Å²) < 4.78 is 5.25. The van der Waals surface area contributed by atoms with E-state index < -0.39 is 5.60 Å².